The van der Waals surface area contributed by atoms with E-state index >= 15 is 0 Å². The average molecular weight is 311 g/mol. The van der Waals surface area contributed by atoms with Crippen molar-refractivity contribution >= 4 is 34.5 Å². The van der Waals surface area contributed by atoms with Crippen molar-refractivity contribution in [2.75, 3.05) is 5.75 Å². The lowest BCUT2D eigenvalue weighted by Crippen LogP contribution is -2.68. The van der Waals surface area contributed by atoms with E-state index in [0.29, 0.717) is 18.0 Å². The largest absolute Gasteiger partial charge is 0.317 e. The Hall–Kier alpha value is -1.37. The molecule has 0 radical (unpaired) electrons. The van der Waals surface area contributed by atoms with Crippen molar-refractivity contribution in [1.82, 2.24) is 4.90 Å². The molecule has 2 atom stereocenters. The number of aromatic nitrogens is 1. The van der Waals surface area contributed by atoms with Crippen LogP contribution >= 0.6 is 23.4 Å². The van der Waals surface area contributed by atoms with Crippen molar-refractivity contribution in [2.24, 2.45) is 5.73 Å². The van der Waals surface area contributed by atoms with E-state index in [1.54, 1.807) is 11.8 Å². The number of hydrogen-bond acceptors (Lipinski definition) is 4. The predicted octanol–water partition coefficient (Wildman–Crippen LogP) is 0.236. The Balaban J connectivity index is 1.94. The summed E-state index contributed by atoms with van der Waals surface area (Å²) in [5, 5.41) is -0.758. The number of hydrogen-bond donors (Lipinski definition) is 1. The van der Waals surface area contributed by atoms with Crippen molar-refractivity contribution in [1.29, 1.82) is 0 Å². The Morgan fingerprint density at radius 1 is 1.45 bits per heavy atom. The molecule has 2 aliphatic heterocycles. The summed E-state index contributed by atoms with van der Waals surface area (Å²) >= 11 is 7.25. The minimum Gasteiger partial charge on any atom is -0.317 e. The smallest absolute Gasteiger partial charge is 0.269 e. The van der Waals surface area contributed by atoms with Gasteiger partial charge in [-0.15, -0.1) is 11.8 Å². The van der Waals surface area contributed by atoms with Gasteiger partial charge in [-0.2, -0.15) is 0 Å². The highest BCUT2D eigenvalue weighted by molar-refractivity contribution is 8.00. The Bertz CT molecular complexity index is 605. The zero-order valence-electron chi connectivity index (χ0n) is 10.5. The Kier molecular flexibility index (Phi) is 3.54. The number of nitrogens with two attached hydrogens (primary N) is 1. The normalized spacial score (nSPS) is 25.3. The van der Waals surface area contributed by atoms with Gasteiger partial charge in [0.05, 0.1) is 0 Å². The van der Waals surface area contributed by atoms with Crippen LogP contribution in [-0.4, -0.2) is 33.2 Å². The number of rotatable bonds is 3. The monoisotopic (exact) mass is 310 g/mol. The molecule has 1 fully saturated rings. The fraction of sp³-hybridized carbons (Fsp3) is 0.308. The molecule has 0 spiro atoms. The van der Waals surface area contributed by atoms with Crippen molar-refractivity contribution in [3.8, 4) is 0 Å². The predicted molar refractivity (Wildman–Crippen MR) is 75.6 cm³/mol. The number of carbonyl (C=O) groups is 2. The first kappa shape index (κ1) is 13.6. The minimum absolute atomic E-state index is 0.162. The standard InChI is InChI=1S/C13H13ClN3O2S/c14-11(18)10-8(6-16-4-2-1-3-5-16)7-20-13-9(15)12(19)17(10)13/h1-5,9,13H,6-7,15H2/q+1/t9?,13-/m0/s1. The van der Waals surface area contributed by atoms with E-state index in [1.165, 1.54) is 4.90 Å². The molecule has 3 rings (SSSR count). The van der Waals surface area contributed by atoms with Crippen molar-refractivity contribution in [2.45, 2.75) is 18.0 Å². The summed E-state index contributed by atoms with van der Waals surface area (Å²) in [5.74, 6) is 0.416. The van der Waals surface area contributed by atoms with Crippen LogP contribution in [-0.2, 0) is 16.1 Å². The van der Waals surface area contributed by atoms with Crippen LogP contribution in [0.3, 0.4) is 0 Å². The first-order chi connectivity index (χ1) is 9.59. The van der Waals surface area contributed by atoms with E-state index in [-0.39, 0.29) is 11.3 Å². The number of amides is 1. The van der Waals surface area contributed by atoms with E-state index in [9.17, 15) is 9.59 Å². The number of pyridine rings is 1. The van der Waals surface area contributed by atoms with Crippen LogP contribution in [0.5, 0.6) is 0 Å². The second kappa shape index (κ2) is 5.20. The van der Waals surface area contributed by atoms with Gasteiger partial charge in [0.1, 0.15) is 17.1 Å². The van der Waals surface area contributed by atoms with Crippen molar-refractivity contribution in [3.05, 3.63) is 41.9 Å². The molecular weight excluding hydrogens is 298 g/mol. The third-order valence-corrected chi connectivity index (χ3v) is 4.97. The second-order valence-electron chi connectivity index (χ2n) is 4.71. The first-order valence-corrected chi connectivity index (χ1v) is 7.58. The van der Waals surface area contributed by atoms with Gasteiger partial charge in [-0.05, 0) is 11.6 Å². The Labute approximate surface area is 125 Å². The van der Waals surface area contributed by atoms with Gasteiger partial charge in [-0.1, -0.05) is 6.07 Å². The maximum Gasteiger partial charge on any atom is 0.269 e. The quantitative estimate of drug-likeness (QED) is 0.493. The molecule has 0 saturated carbocycles. The molecule has 3 heterocycles. The van der Waals surface area contributed by atoms with Crippen LogP contribution < -0.4 is 10.3 Å². The molecule has 1 aromatic rings. The number of β-lactam (4-membered cyclic amide) rings is 1. The highest BCUT2D eigenvalue weighted by Gasteiger charge is 2.51. The summed E-state index contributed by atoms with van der Waals surface area (Å²) in [4.78, 5) is 25.0. The third-order valence-electron chi connectivity index (χ3n) is 3.43. The molecule has 20 heavy (non-hydrogen) atoms. The van der Waals surface area contributed by atoms with Crippen LogP contribution in [0.15, 0.2) is 41.9 Å². The number of halogens is 1. The molecule has 0 aromatic carbocycles. The molecule has 2 N–H and O–H groups in total. The second-order valence-corrected chi connectivity index (χ2v) is 6.16. The van der Waals surface area contributed by atoms with E-state index in [4.69, 9.17) is 17.3 Å². The van der Waals surface area contributed by atoms with E-state index in [1.807, 2.05) is 35.2 Å². The maximum absolute atomic E-state index is 11.8. The fourth-order valence-electron chi connectivity index (χ4n) is 2.44. The van der Waals surface area contributed by atoms with Gasteiger partial charge < -0.3 is 5.73 Å². The summed E-state index contributed by atoms with van der Waals surface area (Å²) in [6.07, 6.45) is 3.81. The van der Waals surface area contributed by atoms with Crippen LogP contribution in [0.1, 0.15) is 0 Å². The van der Waals surface area contributed by atoms with E-state index in [0.717, 1.165) is 5.57 Å². The van der Waals surface area contributed by atoms with Crippen LogP contribution in [0.2, 0.25) is 0 Å². The van der Waals surface area contributed by atoms with E-state index in [2.05, 4.69) is 0 Å². The van der Waals surface area contributed by atoms with Gasteiger partial charge in [-0.25, -0.2) is 4.57 Å². The molecule has 0 aliphatic carbocycles. The molecule has 7 heteroatoms. The van der Waals surface area contributed by atoms with Crippen LogP contribution in [0, 0.1) is 0 Å². The number of fused-ring (bicyclic) bond motifs is 1. The summed E-state index contributed by atoms with van der Waals surface area (Å²) in [6.45, 7) is 0.535. The SMILES string of the molecule is NC1C(=O)N2C(C(=O)Cl)=C(C[n+]3ccccc3)CS[C@@H]12. The number of allylic oxidation sites excluding steroid dienone is 1. The maximum atomic E-state index is 11.8. The molecule has 1 aromatic heterocycles. The van der Waals surface area contributed by atoms with Gasteiger partial charge in [0.15, 0.2) is 18.9 Å². The number of carbonyl (C=O) groups excluding carboxylic acids is 2. The van der Waals surface area contributed by atoms with Crippen molar-refractivity contribution in [3.63, 3.8) is 0 Å². The zero-order chi connectivity index (χ0) is 14.3. The lowest BCUT2D eigenvalue weighted by molar-refractivity contribution is -0.689. The van der Waals surface area contributed by atoms with Gasteiger partial charge >= 0.3 is 0 Å². The minimum atomic E-state index is -0.595. The summed E-state index contributed by atoms with van der Waals surface area (Å²) in [5.41, 5.74) is 6.90. The average Bonchev–Trinajstić information content (AvgIpc) is 2.46. The van der Waals surface area contributed by atoms with Gasteiger partial charge in [0.2, 0.25) is 5.91 Å². The molecule has 1 saturated heterocycles. The van der Waals surface area contributed by atoms with Gasteiger partial charge in [0, 0.05) is 23.5 Å². The molecule has 5 nitrogen and oxygen atoms in total. The lowest BCUT2D eigenvalue weighted by atomic mass is 10.0. The highest BCUT2D eigenvalue weighted by atomic mass is 35.5. The number of thioether (sulfide) groups is 1. The van der Waals surface area contributed by atoms with Gasteiger partial charge in [0.25, 0.3) is 5.24 Å². The zero-order valence-corrected chi connectivity index (χ0v) is 12.1. The summed E-state index contributed by atoms with van der Waals surface area (Å²) in [7, 11) is 0. The molecule has 1 amide bonds. The Morgan fingerprint density at radius 3 is 2.80 bits per heavy atom. The summed E-state index contributed by atoms with van der Waals surface area (Å²) in [6, 6.07) is 5.21. The van der Waals surface area contributed by atoms with Crippen molar-refractivity contribution < 1.29 is 14.2 Å². The molecular formula is C13H13ClN3O2S+. The van der Waals surface area contributed by atoms with Crippen LogP contribution in [0.4, 0.5) is 0 Å². The van der Waals surface area contributed by atoms with E-state index < -0.39 is 11.3 Å². The van der Waals surface area contributed by atoms with Gasteiger partial charge in [-0.3, -0.25) is 14.5 Å². The molecule has 2 aliphatic rings. The highest BCUT2D eigenvalue weighted by Crippen LogP contribution is 2.40. The Morgan fingerprint density at radius 2 is 2.15 bits per heavy atom. The summed E-state index contributed by atoms with van der Waals surface area (Å²) < 4.78 is 1.94. The lowest BCUT2D eigenvalue weighted by Gasteiger charge is -2.47. The topological polar surface area (TPSA) is 67.3 Å². The third kappa shape index (κ3) is 2.13. The van der Waals surface area contributed by atoms with Crippen LogP contribution in [0.25, 0.3) is 0 Å². The molecule has 1 unspecified atom stereocenters. The molecule has 0 bridgehead atoms. The molecule has 104 valence electrons. The fourth-order valence-corrected chi connectivity index (χ4v) is 3.95. The first-order valence-electron chi connectivity index (χ1n) is 6.16. The number of nitrogens with zero attached hydrogens (tertiary/aromatic N) is 2.